The van der Waals surface area contributed by atoms with E-state index in [1.807, 2.05) is 35.2 Å². The summed E-state index contributed by atoms with van der Waals surface area (Å²) in [6.45, 7) is 4.66. The second kappa shape index (κ2) is 13.5. The molecule has 2 aromatic rings. The van der Waals surface area contributed by atoms with Crippen molar-refractivity contribution in [1.82, 2.24) is 4.90 Å². The number of amides is 2. The number of rotatable bonds is 12. The van der Waals surface area contributed by atoms with Crippen molar-refractivity contribution in [1.29, 1.82) is 0 Å². The van der Waals surface area contributed by atoms with Crippen LogP contribution in [-0.4, -0.2) is 43.0 Å². The van der Waals surface area contributed by atoms with E-state index >= 15 is 0 Å². The molecule has 0 aliphatic carbocycles. The van der Waals surface area contributed by atoms with Crippen molar-refractivity contribution in [2.24, 2.45) is 0 Å². The number of nitrogens with one attached hydrogen (secondary N) is 2. The third-order valence-electron chi connectivity index (χ3n) is 5.84. The maximum Gasteiger partial charge on any atom is 0.253 e. The van der Waals surface area contributed by atoms with Crippen molar-refractivity contribution in [3.8, 4) is 5.75 Å². The van der Waals surface area contributed by atoms with Gasteiger partial charge in [-0.1, -0.05) is 44.7 Å². The summed E-state index contributed by atoms with van der Waals surface area (Å²) in [7, 11) is 0. The van der Waals surface area contributed by atoms with Gasteiger partial charge in [-0.25, -0.2) is 0 Å². The van der Waals surface area contributed by atoms with Crippen LogP contribution >= 0.6 is 0 Å². The Balaban J connectivity index is 1.44. The van der Waals surface area contributed by atoms with Crippen LogP contribution in [0.1, 0.15) is 68.6 Å². The molecule has 2 N–H and O–H groups in total. The maximum absolute atomic E-state index is 12.7. The molecule has 0 atom stereocenters. The molecule has 1 fully saturated rings. The monoisotopic (exact) mass is 451 g/mol. The second-order valence-electron chi connectivity index (χ2n) is 8.63. The van der Waals surface area contributed by atoms with Gasteiger partial charge < -0.3 is 20.3 Å². The van der Waals surface area contributed by atoms with E-state index in [1.165, 1.54) is 32.1 Å². The Labute approximate surface area is 197 Å². The zero-order valence-electron chi connectivity index (χ0n) is 19.8. The molecule has 0 radical (unpaired) electrons. The molecule has 178 valence electrons. The first-order valence-corrected chi connectivity index (χ1v) is 12.3. The predicted molar refractivity (Wildman–Crippen MR) is 134 cm³/mol. The van der Waals surface area contributed by atoms with Crippen LogP contribution in [0.15, 0.2) is 48.5 Å². The summed E-state index contributed by atoms with van der Waals surface area (Å²) < 4.78 is 5.84. The molecule has 2 aromatic carbocycles. The van der Waals surface area contributed by atoms with Gasteiger partial charge in [-0.15, -0.1) is 0 Å². The van der Waals surface area contributed by atoms with E-state index in [-0.39, 0.29) is 18.4 Å². The number of unbranched alkanes of at least 4 members (excludes halogenated alkanes) is 4. The lowest BCUT2D eigenvalue weighted by Gasteiger charge is -2.26. The Hall–Kier alpha value is -3.02. The number of carbonyl (C=O) groups is 2. The van der Waals surface area contributed by atoms with E-state index in [4.69, 9.17) is 4.74 Å². The Morgan fingerprint density at radius 2 is 1.67 bits per heavy atom. The Morgan fingerprint density at radius 3 is 2.48 bits per heavy atom. The van der Waals surface area contributed by atoms with Gasteiger partial charge in [0.1, 0.15) is 5.75 Å². The minimum absolute atomic E-state index is 0.0334. The number of hydrogen-bond acceptors (Lipinski definition) is 4. The number of hydrogen-bond donors (Lipinski definition) is 2. The molecule has 2 amide bonds. The van der Waals surface area contributed by atoms with Crippen LogP contribution in [-0.2, 0) is 4.79 Å². The molecule has 33 heavy (non-hydrogen) atoms. The quantitative estimate of drug-likeness (QED) is 0.405. The van der Waals surface area contributed by atoms with E-state index in [1.54, 1.807) is 18.2 Å². The second-order valence-corrected chi connectivity index (χ2v) is 8.63. The van der Waals surface area contributed by atoms with Gasteiger partial charge in [0.05, 0.1) is 13.2 Å². The van der Waals surface area contributed by atoms with Gasteiger partial charge in [0.2, 0.25) is 5.91 Å². The minimum atomic E-state index is -0.167. The first-order chi connectivity index (χ1) is 16.2. The fourth-order valence-electron chi connectivity index (χ4n) is 3.99. The van der Waals surface area contributed by atoms with E-state index in [2.05, 4.69) is 17.6 Å². The highest BCUT2D eigenvalue weighted by atomic mass is 16.5. The van der Waals surface area contributed by atoms with Crippen molar-refractivity contribution < 1.29 is 14.3 Å². The van der Waals surface area contributed by atoms with E-state index in [9.17, 15) is 9.59 Å². The number of piperidine rings is 1. The number of anilines is 2. The summed E-state index contributed by atoms with van der Waals surface area (Å²) in [5.74, 6) is 0.672. The summed E-state index contributed by atoms with van der Waals surface area (Å²) in [5, 5.41) is 6.03. The lowest BCUT2D eigenvalue weighted by molar-refractivity contribution is -0.114. The van der Waals surface area contributed by atoms with Crippen LogP contribution in [0, 0.1) is 0 Å². The van der Waals surface area contributed by atoms with Crippen LogP contribution in [0.2, 0.25) is 0 Å². The zero-order chi connectivity index (χ0) is 23.3. The lowest BCUT2D eigenvalue weighted by atomic mass is 10.1. The highest BCUT2D eigenvalue weighted by molar-refractivity contribution is 5.98. The average Bonchev–Trinajstić information content (AvgIpc) is 2.85. The van der Waals surface area contributed by atoms with E-state index < -0.39 is 0 Å². The van der Waals surface area contributed by atoms with E-state index in [0.717, 1.165) is 43.8 Å². The van der Waals surface area contributed by atoms with Gasteiger partial charge in [-0.2, -0.15) is 0 Å². The van der Waals surface area contributed by atoms with Crippen molar-refractivity contribution in [2.75, 3.05) is 36.9 Å². The Morgan fingerprint density at radius 1 is 0.909 bits per heavy atom. The molecule has 1 aliphatic heterocycles. The number of carbonyl (C=O) groups excluding carboxylic acids is 2. The Kier molecular flexibility index (Phi) is 10.1. The molecule has 0 saturated carbocycles. The Bertz CT molecular complexity index is 894. The summed E-state index contributed by atoms with van der Waals surface area (Å²) in [6, 6.07) is 14.9. The SMILES string of the molecule is CCCCCCCOc1cccc(NCC(=O)Nc2cccc(C(=O)N3CCCCC3)c2)c1. The van der Waals surface area contributed by atoms with Gasteiger partial charge >= 0.3 is 0 Å². The minimum Gasteiger partial charge on any atom is -0.494 e. The third-order valence-corrected chi connectivity index (χ3v) is 5.84. The summed E-state index contributed by atoms with van der Waals surface area (Å²) in [4.78, 5) is 27.1. The molecule has 0 bridgehead atoms. The van der Waals surface area contributed by atoms with Gasteiger partial charge in [0.25, 0.3) is 5.91 Å². The molecule has 6 heteroatoms. The highest BCUT2D eigenvalue weighted by Crippen LogP contribution is 2.19. The van der Waals surface area contributed by atoms with Crippen molar-refractivity contribution in [2.45, 2.75) is 58.3 Å². The smallest absolute Gasteiger partial charge is 0.253 e. The topological polar surface area (TPSA) is 70.7 Å². The first kappa shape index (κ1) is 24.6. The number of nitrogens with zero attached hydrogens (tertiary/aromatic N) is 1. The van der Waals surface area contributed by atoms with Crippen molar-refractivity contribution >= 4 is 23.2 Å². The fraction of sp³-hybridized carbons (Fsp3) is 0.481. The molecule has 3 rings (SSSR count). The van der Waals surface area contributed by atoms with Crippen molar-refractivity contribution in [3.05, 3.63) is 54.1 Å². The van der Waals surface area contributed by atoms with Crippen LogP contribution in [0.5, 0.6) is 5.75 Å². The number of likely N-dealkylation sites (tertiary alicyclic amines) is 1. The molecule has 1 heterocycles. The predicted octanol–water partition coefficient (Wildman–Crippen LogP) is 5.71. The lowest BCUT2D eigenvalue weighted by Crippen LogP contribution is -2.35. The molecular weight excluding hydrogens is 414 g/mol. The average molecular weight is 452 g/mol. The van der Waals surface area contributed by atoms with Crippen LogP contribution in [0.3, 0.4) is 0 Å². The molecule has 0 spiro atoms. The standard InChI is InChI=1S/C27H37N3O3/c1-2-3-4-5-9-18-33-25-15-11-13-23(20-25)28-21-26(31)29-24-14-10-12-22(19-24)27(32)30-16-7-6-8-17-30/h10-15,19-20,28H,2-9,16-18,21H2,1H3,(H,29,31). The molecule has 0 aromatic heterocycles. The molecule has 0 unspecified atom stereocenters. The summed E-state index contributed by atoms with van der Waals surface area (Å²) in [6.07, 6.45) is 9.31. The molecule has 6 nitrogen and oxygen atoms in total. The fourth-order valence-corrected chi connectivity index (χ4v) is 3.99. The first-order valence-electron chi connectivity index (χ1n) is 12.3. The van der Waals surface area contributed by atoms with Gasteiger partial charge in [-0.3, -0.25) is 9.59 Å². The maximum atomic E-state index is 12.7. The number of ether oxygens (including phenoxy) is 1. The van der Waals surface area contributed by atoms with Gasteiger partial charge in [0.15, 0.2) is 0 Å². The highest BCUT2D eigenvalue weighted by Gasteiger charge is 2.18. The van der Waals surface area contributed by atoms with Crippen LogP contribution in [0.4, 0.5) is 11.4 Å². The largest absolute Gasteiger partial charge is 0.494 e. The van der Waals surface area contributed by atoms with Crippen molar-refractivity contribution in [3.63, 3.8) is 0 Å². The zero-order valence-corrected chi connectivity index (χ0v) is 19.8. The van der Waals surface area contributed by atoms with Gasteiger partial charge in [-0.05, 0) is 56.0 Å². The van der Waals surface area contributed by atoms with Gasteiger partial charge in [0, 0.05) is 36.1 Å². The summed E-state index contributed by atoms with van der Waals surface area (Å²) in [5.41, 5.74) is 2.08. The third kappa shape index (κ3) is 8.44. The number of benzene rings is 2. The summed E-state index contributed by atoms with van der Waals surface area (Å²) >= 11 is 0. The molecular formula is C27H37N3O3. The van der Waals surface area contributed by atoms with E-state index in [0.29, 0.717) is 17.9 Å². The molecule has 1 aliphatic rings. The van der Waals surface area contributed by atoms with Crippen LogP contribution < -0.4 is 15.4 Å². The van der Waals surface area contributed by atoms with Crippen LogP contribution in [0.25, 0.3) is 0 Å². The molecule has 1 saturated heterocycles. The normalized spacial score (nSPS) is 13.4.